The van der Waals surface area contributed by atoms with E-state index < -0.39 is 57.0 Å². The van der Waals surface area contributed by atoms with Crippen LogP contribution in [0.5, 0.6) is 0 Å². The Morgan fingerprint density at radius 3 is 1.58 bits per heavy atom. The van der Waals surface area contributed by atoms with Gasteiger partial charge in [0.15, 0.2) is 17.1 Å². The molecule has 0 aliphatic heterocycles. The van der Waals surface area contributed by atoms with E-state index in [1.807, 2.05) is 187 Å². The first-order chi connectivity index (χ1) is 53.3. The maximum absolute atomic E-state index is 13.3. The number of amides is 5. The number of benzene rings is 9. The van der Waals surface area contributed by atoms with Crippen LogP contribution < -0.4 is 31.8 Å². The molecule has 12 rings (SSSR count). The number of rotatable bonds is 22. The van der Waals surface area contributed by atoms with Crippen LogP contribution >= 0.6 is 11.3 Å². The van der Waals surface area contributed by atoms with E-state index in [0.29, 0.717) is 56.5 Å². The lowest BCUT2D eigenvalue weighted by Crippen LogP contribution is -2.37. The summed E-state index contributed by atoms with van der Waals surface area (Å²) in [6.07, 6.45) is -4.45. The number of halogens is 3. The maximum Gasteiger partial charge on any atom is 0.417 e. The summed E-state index contributed by atoms with van der Waals surface area (Å²) in [6, 6.07) is 69.8. The predicted molar refractivity (Wildman–Crippen MR) is 422 cm³/mol. The highest BCUT2D eigenvalue weighted by Crippen LogP contribution is 2.37. The third-order valence-corrected chi connectivity index (χ3v) is 21.0. The Hall–Kier alpha value is -12.0. The highest BCUT2D eigenvalue weighted by Gasteiger charge is 2.38. The first kappa shape index (κ1) is 84.0. The van der Waals surface area contributed by atoms with E-state index in [9.17, 15) is 55.2 Å². The van der Waals surface area contributed by atoms with Crippen LogP contribution in [0.3, 0.4) is 0 Å². The Morgan fingerprint density at radius 1 is 0.500 bits per heavy atom. The molecule has 0 aliphatic rings. The largest absolute Gasteiger partial charge is 0.454 e. The van der Waals surface area contributed by atoms with E-state index in [1.165, 1.54) is 54.1 Å². The van der Waals surface area contributed by atoms with Crippen LogP contribution in [-0.4, -0.2) is 81.4 Å². The van der Waals surface area contributed by atoms with Crippen molar-refractivity contribution in [2.45, 2.75) is 90.0 Å². The maximum atomic E-state index is 13.3. The molecule has 580 valence electrons. The number of ketones is 2. The van der Waals surface area contributed by atoms with Crippen molar-refractivity contribution in [3.05, 3.63) is 315 Å². The first-order valence-corrected chi connectivity index (χ1v) is 37.6. The highest BCUT2D eigenvalue weighted by atomic mass is 32.2. The van der Waals surface area contributed by atoms with Crippen LogP contribution in [0.1, 0.15) is 179 Å². The zero-order valence-electron chi connectivity index (χ0n) is 62.2. The summed E-state index contributed by atoms with van der Waals surface area (Å²) >= 11 is 1.46. The van der Waals surface area contributed by atoms with Crippen LogP contribution in [0, 0.1) is 11.3 Å². The number of hydroxylamine groups is 3. The first-order valence-electron chi connectivity index (χ1n) is 35.3. The summed E-state index contributed by atoms with van der Waals surface area (Å²) in [7, 11) is -2.60. The quantitative estimate of drug-likeness (QED) is 0.0171. The smallest absolute Gasteiger partial charge is 0.417 e. The highest BCUT2D eigenvalue weighted by molar-refractivity contribution is 7.89. The van der Waals surface area contributed by atoms with Crippen molar-refractivity contribution in [1.29, 1.82) is 0 Å². The number of aliphatic hydroxyl groups excluding tert-OH is 1. The molecule has 0 saturated heterocycles. The molecule has 0 spiro atoms. The predicted octanol–water partition coefficient (Wildman–Crippen LogP) is 17.0. The number of sulfonamides is 1. The number of furan rings is 1. The number of nitrogens with one attached hydrogen (secondary N) is 6. The molecular weight excluding hydrogens is 1480 g/mol. The van der Waals surface area contributed by atoms with Crippen LogP contribution in [0.15, 0.2) is 258 Å². The summed E-state index contributed by atoms with van der Waals surface area (Å²) in [5, 5.41) is 42.5. The van der Waals surface area contributed by atoms with E-state index >= 15 is 0 Å². The summed E-state index contributed by atoms with van der Waals surface area (Å²) in [6.45, 7) is 13.0. The lowest BCUT2D eigenvalue weighted by molar-refractivity contribution is -0.139. The topological polar surface area (TPSA) is 325 Å². The number of hydrogen-bond donors (Lipinski definition) is 10. The van der Waals surface area contributed by atoms with E-state index in [4.69, 9.17) is 25.1 Å². The molecule has 0 radical (unpaired) electrons. The van der Waals surface area contributed by atoms with Gasteiger partial charge in [-0.1, -0.05) is 211 Å². The second-order valence-electron chi connectivity index (χ2n) is 27.6. The third kappa shape index (κ3) is 21.5. The van der Waals surface area contributed by atoms with Crippen LogP contribution in [0.4, 0.5) is 13.2 Å². The van der Waals surface area contributed by atoms with Crippen LogP contribution in [-0.2, 0) is 23.2 Å². The second-order valence-corrected chi connectivity index (χ2v) is 30.4. The normalized spacial score (nSPS) is 12.4. The van der Waals surface area contributed by atoms with E-state index in [2.05, 4.69) is 15.4 Å². The van der Waals surface area contributed by atoms with Gasteiger partial charge in [0, 0.05) is 69.7 Å². The molecule has 112 heavy (non-hydrogen) atoms. The van der Waals surface area contributed by atoms with Crippen LogP contribution in [0.2, 0.25) is 0 Å². The third-order valence-electron chi connectivity index (χ3n) is 18.3. The van der Waals surface area contributed by atoms with Gasteiger partial charge in [0.05, 0.1) is 32.9 Å². The van der Waals surface area contributed by atoms with Gasteiger partial charge in [-0.25, -0.2) is 29.6 Å². The Kier molecular flexibility index (Phi) is 28.2. The van der Waals surface area contributed by atoms with Crippen molar-refractivity contribution < 1.29 is 80.3 Å². The molecule has 10 N–H and O–H groups in total. The van der Waals surface area contributed by atoms with Crippen molar-refractivity contribution in [3.8, 4) is 22.5 Å². The Balaban J connectivity index is 0.000000172. The average Bonchev–Trinajstić information content (AvgIpc) is 1.73. The molecule has 0 aliphatic carbocycles. The van der Waals surface area contributed by atoms with Crippen molar-refractivity contribution >= 4 is 83.6 Å². The summed E-state index contributed by atoms with van der Waals surface area (Å²) in [5.41, 5.74) is 13.3. The van der Waals surface area contributed by atoms with Crippen molar-refractivity contribution in [3.63, 3.8) is 0 Å². The standard InChI is InChI=1S/C26H27N3O4.C24H22O3.C20H20N2O3S.C16H15F3N2O4S/c1-26(2,3)23(17-10-12-18(13-11-17)24(30)28-32)27-25(31)20-15-22-19(29(20)4)14-21(33-22)16-8-6-5-7-9-16;1-17(21-8-5-9-22(15-21)24(27)16-25)14-23(26)20-12-10-19(11-13-20)18-6-3-2-4-7-18;1-12(2)18(14-7-5-8-15(10-14)19(23)22-25)21-20(24)17-11-13-6-3-4-9-16(13)26-17;1-10(11-6-8-12(9-7-11)15(22)20-23)21-26(24,25)14-5-3-2-4-13(14)16(17,18)19/h5-15,23,32H,1-4H3,(H,27,31)(H,28,30);2-13,15,17,25H,14,16H2,1H3;3-12,18,25H,1-2H3,(H,21,24)(H,22,23);2-10,21,23H,1H3,(H,20,22)/t;17-;;/m.1../s1. The fraction of sp³-hybridized carbons (Fsp3) is 0.198. The number of aryl methyl sites for hydroxylation is 1. The van der Waals surface area contributed by atoms with Gasteiger partial charge in [-0.05, 0) is 130 Å². The van der Waals surface area contributed by atoms with Gasteiger partial charge in [0.2, 0.25) is 10.0 Å². The number of alkyl halides is 3. The summed E-state index contributed by atoms with van der Waals surface area (Å²) < 4.78 is 75.0. The van der Waals surface area contributed by atoms with Gasteiger partial charge < -0.3 is 24.7 Å². The monoisotopic (exact) mass is 1560 g/mol. The number of aromatic nitrogens is 1. The fourth-order valence-corrected chi connectivity index (χ4v) is 14.7. The molecule has 0 saturated carbocycles. The van der Waals surface area contributed by atoms with Gasteiger partial charge in [-0.3, -0.25) is 49.2 Å². The molecule has 3 aromatic heterocycles. The lowest BCUT2D eigenvalue weighted by atomic mass is 9.82. The summed E-state index contributed by atoms with van der Waals surface area (Å²) in [4.78, 5) is 84.7. The van der Waals surface area contributed by atoms with Crippen LogP contribution in [0.25, 0.3) is 43.6 Å². The number of Topliss-reactive ketones (excluding diaryl/α,β-unsaturated/α-hetero) is 2. The van der Waals surface area contributed by atoms with Crippen molar-refractivity contribution in [2.75, 3.05) is 6.61 Å². The average molecular weight is 1560 g/mol. The van der Waals surface area contributed by atoms with Gasteiger partial charge in [0.1, 0.15) is 18.1 Å². The molecule has 0 bridgehead atoms. The molecule has 0 fully saturated rings. The van der Waals surface area contributed by atoms with Crippen molar-refractivity contribution in [2.24, 2.45) is 18.4 Å². The van der Waals surface area contributed by atoms with E-state index in [-0.39, 0.29) is 58.3 Å². The second kappa shape index (κ2) is 37.6. The Morgan fingerprint density at radius 2 is 1.02 bits per heavy atom. The number of thiophene rings is 1. The molecule has 3 unspecified atom stereocenters. The number of aliphatic hydroxyl groups is 1. The van der Waals surface area contributed by atoms with E-state index in [0.717, 1.165) is 66.9 Å². The minimum atomic E-state index is -4.81. The molecule has 3 heterocycles. The minimum absolute atomic E-state index is 0.0160. The van der Waals surface area contributed by atoms with Crippen molar-refractivity contribution in [1.82, 2.24) is 36.4 Å². The molecule has 12 aromatic rings. The summed E-state index contributed by atoms with van der Waals surface area (Å²) in [5.74, 6) is -1.65. The fourth-order valence-electron chi connectivity index (χ4n) is 12.2. The van der Waals surface area contributed by atoms with Gasteiger partial charge in [-0.15, -0.1) is 11.3 Å². The van der Waals surface area contributed by atoms with E-state index in [1.54, 1.807) is 77.7 Å². The Labute approximate surface area is 649 Å². The SMILES string of the molecule is CC(C)C(NC(=O)c1cc2ccccc2s1)c1cccc(C(=O)NO)c1.CC(NS(=O)(=O)c1ccccc1C(F)(F)F)c1ccc(C(=O)NO)cc1.C[C@H](CC(=O)c1ccc(-c2ccccc2)cc1)c1cccc(C(=O)CO)c1.Cn1c(C(=O)NC(c2ccc(C(=O)NO)cc2)C(C)(C)C)cc2oc(-c3ccccc3)cc21. The lowest BCUT2D eigenvalue weighted by Gasteiger charge is -2.32. The number of carbonyl (C=O) groups excluding carboxylic acids is 7. The minimum Gasteiger partial charge on any atom is -0.454 e. The molecule has 5 amide bonds. The molecule has 26 heteroatoms. The zero-order valence-corrected chi connectivity index (χ0v) is 63.9. The Bertz CT molecular complexity index is 5380. The molecule has 21 nitrogen and oxygen atoms in total. The van der Waals surface area contributed by atoms with Gasteiger partial charge in [-0.2, -0.15) is 13.2 Å². The number of hydrogen-bond acceptors (Lipinski definition) is 15. The zero-order chi connectivity index (χ0) is 81.2. The molecule has 9 aromatic carbocycles. The molecule has 4 atom stereocenters. The van der Waals surface area contributed by atoms with Gasteiger partial charge >= 0.3 is 6.18 Å². The number of nitrogens with zero attached hydrogens (tertiary/aromatic N) is 1. The number of fused-ring (bicyclic) bond motifs is 2. The molecular formula is C86H84F3N7O14S2. The number of carbonyl (C=O) groups is 7. The van der Waals surface area contributed by atoms with Gasteiger partial charge in [0.25, 0.3) is 29.5 Å².